The van der Waals surface area contributed by atoms with Gasteiger partial charge in [0.2, 0.25) is 5.91 Å². The van der Waals surface area contributed by atoms with Gasteiger partial charge in [-0.05, 0) is 43.4 Å². The Balaban J connectivity index is 1.84. The fraction of sp³-hybridized carbons (Fsp3) is 0.650. The molecule has 1 atom stereocenters. The third-order valence-corrected chi connectivity index (χ3v) is 5.50. The van der Waals surface area contributed by atoms with E-state index < -0.39 is 11.7 Å². The van der Waals surface area contributed by atoms with Gasteiger partial charge in [-0.1, -0.05) is 26.0 Å². The summed E-state index contributed by atoms with van der Waals surface area (Å²) in [6.45, 7) is 6.32. The van der Waals surface area contributed by atoms with Crippen LogP contribution < -0.4 is 0 Å². The van der Waals surface area contributed by atoms with Crippen LogP contribution in [-0.2, 0) is 17.4 Å². The Morgan fingerprint density at radius 1 is 1.23 bits per heavy atom. The van der Waals surface area contributed by atoms with Crippen molar-refractivity contribution in [1.82, 2.24) is 9.80 Å². The van der Waals surface area contributed by atoms with Gasteiger partial charge in [-0.15, -0.1) is 0 Å². The zero-order valence-electron chi connectivity index (χ0n) is 15.9. The Bertz CT molecular complexity index is 582. The van der Waals surface area contributed by atoms with Crippen LogP contribution in [0, 0.1) is 0 Å². The fourth-order valence-corrected chi connectivity index (χ4v) is 3.71. The molecule has 1 fully saturated rings. The van der Waals surface area contributed by atoms with Gasteiger partial charge in [-0.2, -0.15) is 13.2 Å². The average molecular weight is 370 g/mol. The molecule has 1 aromatic rings. The molecule has 0 aromatic heterocycles. The third-order valence-electron chi connectivity index (χ3n) is 5.50. The van der Waals surface area contributed by atoms with Crippen LogP contribution in [0.2, 0.25) is 0 Å². The monoisotopic (exact) mass is 370 g/mol. The van der Waals surface area contributed by atoms with Gasteiger partial charge in [-0.3, -0.25) is 9.69 Å². The number of carbonyl (C=O) groups is 1. The highest BCUT2D eigenvalue weighted by Crippen LogP contribution is 2.29. The summed E-state index contributed by atoms with van der Waals surface area (Å²) in [4.78, 5) is 16.8. The molecule has 0 radical (unpaired) electrons. The normalized spacial score (nSPS) is 18.5. The van der Waals surface area contributed by atoms with Crippen LogP contribution in [0.5, 0.6) is 0 Å². The molecule has 146 valence electrons. The number of nitrogens with zero attached hydrogens (tertiary/aromatic N) is 2. The Kier molecular flexibility index (Phi) is 7.09. The summed E-state index contributed by atoms with van der Waals surface area (Å²) < 4.78 is 37.8. The Labute approximate surface area is 154 Å². The quantitative estimate of drug-likeness (QED) is 0.712. The number of likely N-dealkylation sites (tertiary alicyclic amines) is 1. The summed E-state index contributed by atoms with van der Waals surface area (Å²) in [5.41, 5.74) is 0.0990. The molecule has 1 unspecified atom stereocenters. The van der Waals surface area contributed by atoms with E-state index in [1.165, 1.54) is 12.1 Å². The SMILES string of the molecule is CCC(CC)N1CCC(N(C)C(=O)CCc2ccc(C(F)(F)F)cc2)C1. The van der Waals surface area contributed by atoms with Crippen molar-refractivity contribution in [3.05, 3.63) is 35.4 Å². The Morgan fingerprint density at radius 2 is 1.85 bits per heavy atom. The Hall–Kier alpha value is -1.56. The first-order valence-corrected chi connectivity index (χ1v) is 9.42. The molecule has 1 saturated heterocycles. The number of likely N-dealkylation sites (N-methyl/N-ethyl adjacent to an activating group) is 1. The number of amides is 1. The van der Waals surface area contributed by atoms with E-state index in [0.717, 1.165) is 50.0 Å². The molecule has 1 aromatic carbocycles. The smallest absolute Gasteiger partial charge is 0.341 e. The van der Waals surface area contributed by atoms with Gasteiger partial charge >= 0.3 is 6.18 Å². The summed E-state index contributed by atoms with van der Waals surface area (Å²) in [6.07, 6.45) is -0.311. The summed E-state index contributed by atoms with van der Waals surface area (Å²) in [6, 6.07) is 5.88. The molecule has 26 heavy (non-hydrogen) atoms. The number of carbonyl (C=O) groups excluding carboxylic acids is 1. The molecule has 6 heteroatoms. The van der Waals surface area contributed by atoms with E-state index in [9.17, 15) is 18.0 Å². The molecule has 1 aliphatic heterocycles. The molecule has 0 N–H and O–H groups in total. The first-order valence-electron chi connectivity index (χ1n) is 9.42. The minimum Gasteiger partial charge on any atom is -0.341 e. The topological polar surface area (TPSA) is 23.6 Å². The number of alkyl halides is 3. The van der Waals surface area contributed by atoms with E-state index in [1.54, 1.807) is 0 Å². The van der Waals surface area contributed by atoms with E-state index in [-0.39, 0.29) is 11.9 Å². The number of hydrogen-bond acceptors (Lipinski definition) is 2. The number of hydrogen-bond donors (Lipinski definition) is 0. The number of halogens is 3. The largest absolute Gasteiger partial charge is 0.416 e. The molecule has 3 nitrogen and oxygen atoms in total. The maximum Gasteiger partial charge on any atom is 0.416 e. The van der Waals surface area contributed by atoms with Gasteiger partial charge in [0, 0.05) is 38.6 Å². The van der Waals surface area contributed by atoms with Crippen LogP contribution in [0.3, 0.4) is 0 Å². The fourth-order valence-electron chi connectivity index (χ4n) is 3.71. The molecule has 0 aliphatic carbocycles. The molecule has 0 saturated carbocycles. The van der Waals surface area contributed by atoms with Crippen molar-refractivity contribution in [1.29, 1.82) is 0 Å². The van der Waals surface area contributed by atoms with Crippen molar-refractivity contribution < 1.29 is 18.0 Å². The zero-order chi connectivity index (χ0) is 19.3. The van der Waals surface area contributed by atoms with Gasteiger partial charge in [0.05, 0.1) is 5.56 Å². The van der Waals surface area contributed by atoms with Crippen molar-refractivity contribution in [3.63, 3.8) is 0 Å². The second-order valence-electron chi connectivity index (χ2n) is 7.11. The van der Waals surface area contributed by atoms with Crippen LogP contribution in [-0.4, -0.2) is 47.9 Å². The van der Waals surface area contributed by atoms with Crippen molar-refractivity contribution in [2.45, 2.75) is 64.2 Å². The molecular weight excluding hydrogens is 341 g/mol. The predicted octanol–water partition coefficient (Wildman–Crippen LogP) is 4.36. The zero-order valence-corrected chi connectivity index (χ0v) is 15.9. The van der Waals surface area contributed by atoms with Crippen molar-refractivity contribution in [2.75, 3.05) is 20.1 Å². The standard InChI is InChI=1S/C20H29F3N2O/c1-4-17(5-2)25-13-12-18(14-25)24(3)19(26)11-8-15-6-9-16(10-7-15)20(21,22)23/h6-7,9-10,17-18H,4-5,8,11-14H2,1-3H3. The van der Waals surface area contributed by atoms with Crippen molar-refractivity contribution in [2.24, 2.45) is 0 Å². The molecule has 2 rings (SSSR count). The van der Waals surface area contributed by atoms with E-state index in [2.05, 4.69) is 18.7 Å². The van der Waals surface area contributed by atoms with Crippen LogP contribution in [0.4, 0.5) is 13.2 Å². The van der Waals surface area contributed by atoms with Gasteiger partial charge in [-0.25, -0.2) is 0 Å². The predicted molar refractivity (Wildman–Crippen MR) is 96.9 cm³/mol. The lowest BCUT2D eigenvalue weighted by Crippen LogP contribution is -2.41. The highest BCUT2D eigenvalue weighted by atomic mass is 19.4. The number of aryl methyl sites for hydroxylation is 1. The third kappa shape index (κ3) is 5.22. The molecule has 1 heterocycles. The molecule has 0 spiro atoms. The summed E-state index contributed by atoms with van der Waals surface area (Å²) in [5.74, 6) is 0.0568. The highest BCUT2D eigenvalue weighted by molar-refractivity contribution is 5.76. The van der Waals surface area contributed by atoms with Crippen LogP contribution in [0.15, 0.2) is 24.3 Å². The Morgan fingerprint density at radius 3 is 2.38 bits per heavy atom. The van der Waals surface area contributed by atoms with E-state index in [4.69, 9.17) is 0 Å². The maximum absolute atomic E-state index is 12.6. The summed E-state index contributed by atoms with van der Waals surface area (Å²) in [5, 5.41) is 0. The molecular formula is C20H29F3N2O. The number of rotatable bonds is 7. The first kappa shape index (κ1) is 20.7. The lowest BCUT2D eigenvalue weighted by Gasteiger charge is -2.28. The summed E-state index contributed by atoms with van der Waals surface area (Å²) >= 11 is 0. The van der Waals surface area contributed by atoms with Crippen LogP contribution >= 0.6 is 0 Å². The van der Waals surface area contributed by atoms with Gasteiger partial charge in [0.1, 0.15) is 0 Å². The van der Waals surface area contributed by atoms with Crippen LogP contribution in [0.1, 0.15) is 50.7 Å². The molecule has 1 aliphatic rings. The molecule has 1 amide bonds. The lowest BCUT2D eigenvalue weighted by molar-refractivity contribution is -0.137. The minimum atomic E-state index is -4.32. The van der Waals surface area contributed by atoms with Crippen molar-refractivity contribution in [3.8, 4) is 0 Å². The minimum absolute atomic E-state index is 0.0568. The van der Waals surface area contributed by atoms with Gasteiger partial charge in [0.25, 0.3) is 0 Å². The maximum atomic E-state index is 12.6. The highest BCUT2D eigenvalue weighted by Gasteiger charge is 2.31. The average Bonchev–Trinajstić information content (AvgIpc) is 3.09. The van der Waals surface area contributed by atoms with Crippen molar-refractivity contribution >= 4 is 5.91 Å². The lowest BCUT2D eigenvalue weighted by atomic mass is 10.1. The second kappa shape index (κ2) is 8.89. The van der Waals surface area contributed by atoms with E-state index in [0.29, 0.717) is 18.9 Å². The second-order valence-corrected chi connectivity index (χ2v) is 7.11. The number of benzene rings is 1. The summed E-state index contributed by atoms with van der Waals surface area (Å²) in [7, 11) is 1.84. The van der Waals surface area contributed by atoms with E-state index in [1.807, 2.05) is 11.9 Å². The van der Waals surface area contributed by atoms with E-state index >= 15 is 0 Å². The van der Waals surface area contributed by atoms with Gasteiger partial charge < -0.3 is 4.90 Å². The van der Waals surface area contributed by atoms with Crippen LogP contribution in [0.25, 0.3) is 0 Å². The first-order chi connectivity index (χ1) is 12.3. The molecule has 0 bridgehead atoms. The van der Waals surface area contributed by atoms with Gasteiger partial charge in [0.15, 0.2) is 0 Å².